The van der Waals surface area contributed by atoms with E-state index in [2.05, 4.69) is 12.3 Å². The van der Waals surface area contributed by atoms with E-state index >= 15 is 0 Å². The molecule has 1 fully saturated rings. The van der Waals surface area contributed by atoms with Gasteiger partial charge in [-0.25, -0.2) is 0 Å². The van der Waals surface area contributed by atoms with Crippen molar-refractivity contribution >= 4 is 23.2 Å². The highest BCUT2D eigenvalue weighted by atomic mass is 35.5. The van der Waals surface area contributed by atoms with Crippen molar-refractivity contribution in [3.8, 4) is 0 Å². The monoisotopic (exact) mass is 281 g/mol. The Morgan fingerprint density at radius 1 is 1.58 bits per heavy atom. The summed E-state index contributed by atoms with van der Waals surface area (Å²) in [5.41, 5.74) is 3.73. The lowest BCUT2D eigenvalue weighted by Crippen LogP contribution is -2.40. The van der Waals surface area contributed by atoms with E-state index in [1.54, 1.807) is 18.2 Å². The second-order valence-corrected chi connectivity index (χ2v) is 5.44. The minimum atomic E-state index is 0.00796. The largest absolute Gasteiger partial charge is 0.338 e. The SMILES string of the molecule is CCC1CCCN(C(=O)c2cc(Cl)ccc2NN)C1. The van der Waals surface area contributed by atoms with Crippen LogP contribution in [0.5, 0.6) is 0 Å². The minimum Gasteiger partial charge on any atom is -0.338 e. The van der Waals surface area contributed by atoms with Gasteiger partial charge < -0.3 is 10.3 Å². The molecular formula is C14H20ClN3O. The molecule has 1 aliphatic heterocycles. The van der Waals surface area contributed by atoms with Crippen LogP contribution in [0.4, 0.5) is 5.69 Å². The number of piperidine rings is 1. The van der Waals surface area contributed by atoms with Crippen LogP contribution in [0, 0.1) is 5.92 Å². The van der Waals surface area contributed by atoms with E-state index in [9.17, 15) is 4.79 Å². The van der Waals surface area contributed by atoms with Crippen LogP contribution in [0.3, 0.4) is 0 Å². The molecule has 1 aliphatic rings. The summed E-state index contributed by atoms with van der Waals surface area (Å²) in [6.07, 6.45) is 3.38. The summed E-state index contributed by atoms with van der Waals surface area (Å²) in [6.45, 7) is 3.81. The molecule has 0 aliphatic carbocycles. The molecule has 3 N–H and O–H groups in total. The van der Waals surface area contributed by atoms with Gasteiger partial charge >= 0.3 is 0 Å². The number of nitrogens with one attached hydrogen (secondary N) is 1. The lowest BCUT2D eigenvalue weighted by molar-refractivity contribution is 0.0672. The summed E-state index contributed by atoms with van der Waals surface area (Å²) in [5, 5.41) is 0.548. The van der Waals surface area contributed by atoms with Crippen molar-refractivity contribution in [2.24, 2.45) is 11.8 Å². The molecule has 0 bridgehead atoms. The molecule has 1 atom stereocenters. The fourth-order valence-corrected chi connectivity index (χ4v) is 2.74. The van der Waals surface area contributed by atoms with Crippen LogP contribution in [-0.4, -0.2) is 23.9 Å². The highest BCUT2D eigenvalue weighted by molar-refractivity contribution is 6.31. The van der Waals surface area contributed by atoms with Crippen molar-refractivity contribution in [2.75, 3.05) is 18.5 Å². The van der Waals surface area contributed by atoms with Crippen LogP contribution in [0.1, 0.15) is 36.5 Å². The van der Waals surface area contributed by atoms with E-state index in [1.807, 2.05) is 4.90 Å². The van der Waals surface area contributed by atoms with Gasteiger partial charge in [0.05, 0.1) is 11.3 Å². The number of hydrogen-bond donors (Lipinski definition) is 2. The first-order valence-corrected chi connectivity index (χ1v) is 7.09. The van der Waals surface area contributed by atoms with E-state index in [-0.39, 0.29) is 5.91 Å². The number of carbonyl (C=O) groups excluding carboxylic acids is 1. The zero-order chi connectivity index (χ0) is 13.8. The molecular weight excluding hydrogens is 262 g/mol. The molecule has 1 unspecified atom stereocenters. The van der Waals surface area contributed by atoms with Crippen molar-refractivity contribution in [1.82, 2.24) is 4.90 Å². The topological polar surface area (TPSA) is 58.4 Å². The molecule has 0 aromatic heterocycles. The maximum atomic E-state index is 12.6. The van der Waals surface area contributed by atoms with E-state index < -0.39 is 0 Å². The molecule has 2 rings (SSSR count). The van der Waals surface area contributed by atoms with Gasteiger partial charge in [-0.3, -0.25) is 10.6 Å². The van der Waals surface area contributed by atoms with Crippen molar-refractivity contribution in [3.63, 3.8) is 0 Å². The quantitative estimate of drug-likeness (QED) is 0.662. The molecule has 1 aromatic rings. The summed E-state index contributed by atoms with van der Waals surface area (Å²) in [4.78, 5) is 14.5. The predicted octanol–water partition coefficient (Wildman–Crippen LogP) is 2.89. The zero-order valence-electron chi connectivity index (χ0n) is 11.2. The molecule has 0 spiro atoms. The van der Waals surface area contributed by atoms with Crippen molar-refractivity contribution in [3.05, 3.63) is 28.8 Å². The number of halogens is 1. The Balaban J connectivity index is 2.21. The number of nitrogens with zero attached hydrogens (tertiary/aromatic N) is 1. The highest BCUT2D eigenvalue weighted by Crippen LogP contribution is 2.25. The number of nitrogens with two attached hydrogens (primary N) is 1. The summed E-state index contributed by atoms with van der Waals surface area (Å²) >= 11 is 5.97. The predicted molar refractivity (Wildman–Crippen MR) is 78.2 cm³/mol. The van der Waals surface area contributed by atoms with Crippen LogP contribution in [0.25, 0.3) is 0 Å². The maximum Gasteiger partial charge on any atom is 0.256 e. The van der Waals surface area contributed by atoms with E-state index in [0.717, 1.165) is 25.9 Å². The Morgan fingerprint density at radius 3 is 3.05 bits per heavy atom. The molecule has 19 heavy (non-hydrogen) atoms. The third-order valence-corrected chi connectivity index (χ3v) is 3.99. The Labute approximate surface area is 118 Å². The maximum absolute atomic E-state index is 12.6. The van der Waals surface area contributed by atoms with Crippen molar-refractivity contribution in [2.45, 2.75) is 26.2 Å². The molecule has 4 nitrogen and oxygen atoms in total. The highest BCUT2D eigenvalue weighted by Gasteiger charge is 2.25. The number of benzene rings is 1. The second-order valence-electron chi connectivity index (χ2n) is 5.00. The first-order chi connectivity index (χ1) is 9.15. The van der Waals surface area contributed by atoms with Gasteiger partial charge in [-0.1, -0.05) is 24.9 Å². The third kappa shape index (κ3) is 3.19. The Bertz CT molecular complexity index is 464. The van der Waals surface area contributed by atoms with Crippen molar-refractivity contribution < 1.29 is 4.79 Å². The molecule has 104 valence electrons. The van der Waals surface area contributed by atoms with Gasteiger partial charge in [0.2, 0.25) is 0 Å². The molecule has 1 amide bonds. The van der Waals surface area contributed by atoms with Gasteiger partial charge in [0.25, 0.3) is 5.91 Å². The van der Waals surface area contributed by atoms with Gasteiger partial charge in [0.15, 0.2) is 0 Å². The molecule has 1 heterocycles. The zero-order valence-corrected chi connectivity index (χ0v) is 11.9. The van der Waals surface area contributed by atoms with Crippen LogP contribution in [0.2, 0.25) is 5.02 Å². The standard InChI is InChI=1S/C14H20ClN3O/c1-2-10-4-3-7-18(9-10)14(19)12-8-11(15)5-6-13(12)17-16/h5-6,8,10,17H,2-4,7,9,16H2,1H3. The van der Waals surface area contributed by atoms with Gasteiger partial charge in [-0.2, -0.15) is 0 Å². The van der Waals surface area contributed by atoms with Crippen LogP contribution < -0.4 is 11.3 Å². The first-order valence-electron chi connectivity index (χ1n) is 6.71. The molecule has 0 radical (unpaired) electrons. The van der Waals surface area contributed by atoms with Gasteiger partial charge in [-0.05, 0) is 37.0 Å². The van der Waals surface area contributed by atoms with E-state index in [0.29, 0.717) is 22.2 Å². The first kappa shape index (κ1) is 14.2. The van der Waals surface area contributed by atoms with Crippen LogP contribution in [0.15, 0.2) is 18.2 Å². The number of hydrogen-bond acceptors (Lipinski definition) is 3. The smallest absolute Gasteiger partial charge is 0.256 e. The molecule has 1 saturated heterocycles. The Morgan fingerprint density at radius 2 is 2.37 bits per heavy atom. The Kier molecular flexibility index (Phi) is 4.66. The van der Waals surface area contributed by atoms with Crippen molar-refractivity contribution in [1.29, 1.82) is 0 Å². The molecule has 0 saturated carbocycles. The minimum absolute atomic E-state index is 0.00796. The number of likely N-dealkylation sites (tertiary alicyclic amines) is 1. The fourth-order valence-electron chi connectivity index (χ4n) is 2.57. The Hall–Kier alpha value is -1.26. The summed E-state index contributed by atoms with van der Waals surface area (Å²) < 4.78 is 0. The summed E-state index contributed by atoms with van der Waals surface area (Å²) in [6, 6.07) is 5.13. The summed E-state index contributed by atoms with van der Waals surface area (Å²) in [7, 11) is 0. The number of carbonyl (C=O) groups is 1. The molecule has 5 heteroatoms. The number of rotatable bonds is 3. The number of hydrazine groups is 1. The third-order valence-electron chi connectivity index (χ3n) is 3.75. The van der Waals surface area contributed by atoms with Gasteiger partial charge in [-0.15, -0.1) is 0 Å². The normalized spacial score (nSPS) is 19.3. The van der Waals surface area contributed by atoms with Crippen LogP contribution in [-0.2, 0) is 0 Å². The van der Waals surface area contributed by atoms with E-state index in [4.69, 9.17) is 17.4 Å². The summed E-state index contributed by atoms with van der Waals surface area (Å²) in [5.74, 6) is 6.07. The fraction of sp³-hybridized carbons (Fsp3) is 0.500. The average molecular weight is 282 g/mol. The number of anilines is 1. The van der Waals surface area contributed by atoms with Crippen LogP contribution >= 0.6 is 11.6 Å². The van der Waals surface area contributed by atoms with Gasteiger partial charge in [0.1, 0.15) is 0 Å². The van der Waals surface area contributed by atoms with E-state index in [1.165, 1.54) is 6.42 Å². The van der Waals surface area contributed by atoms with Gasteiger partial charge in [0, 0.05) is 18.1 Å². The lowest BCUT2D eigenvalue weighted by atomic mass is 9.95. The number of nitrogen functional groups attached to an aromatic ring is 1. The lowest BCUT2D eigenvalue weighted by Gasteiger charge is -2.32. The average Bonchev–Trinajstić information content (AvgIpc) is 2.46. The number of amides is 1. The second kappa shape index (κ2) is 6.26. The molecule has 1 aromatic carbocycles.